The minimum Gasteiger partial charge on any atom is -0.481 e. The molecule has 0 aliphatic rings. The lowest BCUT2D eigenvalue weighted by Gasteiger charge is -2.18. The number of hydrogen-bond donors (Lipinski definition) is 3. The molecule has 144 valence electrons. The summed E-state index contributed by atoms with van der Waals surface area (Å²) in [5, 5.41) is 12.3. The first-order chi connectivity index (χ1) is 12.9. The minimum absolute atomic E-state index is 0.270. The Morgan fingerprint density at radius 3 is 2.44 bits per heavy atom. The second-order valence-corrected chi connectivity index (χ2v) is 6.97. The molecule has 0 fully saturated rings. The van der Waals surface area contributed by atoms with E-state index in [0.29, 0.717) is 24.9 Å². The van der Waals surface area contributed by atoms with Crippen molar-refractivity contribution >= 4 is 17.6 Å². The van der Waals surface area contributed by atoms with E-state index in [2.05, 4.69) is 5.32 Å². The van der Waals surface area contributed by atoms with Crippen molar-refractivity contribution in [1.29, 1.82) is 0 Å². The van der Waals surface area contributed by atoms with Gasteiger partial charge in [-0.1, -0.05) is 55.8 Å². The summed E-state index contributed by atoms with van der Waals surface area (Å²) >= 11 is 0. The molecule has 0 aliphatic heterocycles. The highest BCUT2D eigenvalue weighted by molar-refractivity contribution is 5.95. The Hall–Kier alpha value is -2.66. The van der Waals surface area contributed by atoms with Crippen molar-refractivity contribution in [2.75, 3.05) is 5.32 Å². The number of carbonyl (C=O) groups is 2. The first-order valence-corrected chi connectivity index (χ1v) is 9.33. The fourth-order valence-corrected chi connectivity index (χ4v) is 3.10. The van der Waals surface area contributed by atoms with Crippen LogP contribution in [0.3, 0.4) is 0 Å². The summed E-state index contributed by atoms with van der Waals surface area (Å²) in [6.07, 6.45) is 2.23. The van der Waals surface area contributed by atoms with Crippen LogP contribution in [0.4, 0.5) is 5.69 Å². The smallest absolute Gasteiger partial charge is 0.306 e. The summed E-state index contributed by atoms with van der Waals surface area (Å²) in [5.74, 6) is -1.55. The fraction of sp³-hybridized carbons (Fsp3) is 0.364. The average Bonchev–Trinajstić information content (AvgIpc) is 2.63. The van der Waals surface area contributed by atoms with E-state index >= 15 is 0 Å². The Morgan fingerprint density at radius 2 is 1.81 bits per heavy atom. The van der Waals surface area contributed by atoms with Crippen LogP contribution in [0.25, 0.3) is 0 Å². The fourth-order valence-electron chi connectivity index (χ4n) is 3.10. The van der Waals surface area contributed by atoms with E-state index in [-0.39, 0.29) is 5.91 Å². The van der Waals surface area contributed by atoms with E-state index in [1.54, 1.807) is 0 Å². The minimum atomic E-state index is -0.810. The molecule has 0 aliphatic carbocycles. The summed E-state index contributed by atoms with van der Waals surface area (Å²) in [5.41, 5.74) is 9.53. The molecule has 1 amide bonds. The molecule has 2 aromatic rings. The van der Waals surface area contributed by atoms with E-state index in [1.807, 2.05) is 62.4 Å². The van der Waals surface area contributed by atoms with Gasteiger partial charge < -0.3 is 16.2 Å². The standard InChI is InChI=1S/C22H28N2O3/c1-3-7-18(22(26)27)14-17-11-10-15(2)12-20(17)24-21(25)19(23)13-16-8-5-4-6-9-16/h4-6,8-12,18-19H,3,7,13-14,23H2,1-2H3,(H,24,25)(H,26,27)/t18-,19?/m1/s1. The third kappa shape index (κ3) is 6.22. The van der Waals surface area contributed by atoms with Crippen LogP contribution in [-0.2, 0) is 22.4 Å². The van der Waals surface area contributed by atoms with Crippen LogP contribution in [0.2, 0.25) is 0 Å². The molecule has 0 aromatic heterocycles. The molecule has 0 saturated heterocycles. The van der Waals surface area contributed by atoms with Gasteiger partial charge in [-0.25, -0.2) is 0 Å². The number of amides is 1. The van der Waals surface area contributed by atoms with Crippen LogP contribution < -0.4 is 11.1 Å². The van der Waals surface area contributed by atoms with Crippen LogP contribution in [-0.4, -0.2) is 23.0 Å². The number of aliphatic carboxylic acids is 1. The van der Waals surface area contributed by atoms with Crippen molar-refractivity contribution in [1.82, 2.24) is 0 Å². The average molecular weight is 368 g/mol. The zero-order valence-electron chi connectivity index (χ0n) is 15.9. The van der Waals surface area contributed by atoms with E-state index in [4.69, 9.17) is 5.73 Å². The zero-order chi connectivity index (χ0) is 19.8. The van der Waals surface area contributed by atoms with Crippen LogP contribution in [0.15, 0.2) is 48.5 Å². The number of rotatable bonds is 9. The van der Waals surface area contributed by atoms with Crippen molar-refractivity contribution in [3.8, 4) is 0 Å². The number of nitrogens with one attached hydrogen (secondary N) is 1. The Morgan fingerprint density at radius 1 is 1.11 bits per heavy atom. The lowest BCUT2D eigenvalue weighted by molar-refractivity contribution is -0.141. The quantitative estimate of drug-likeness (QED) is 0.631. The highest BCUT2D eigenvalue weighted by Crippen LogP contribution is 2.23. The lowest BCUT2D eigenvalue weighted by Crippen LogP contribution is -2.37. The van der Waals surface area contributed by atoms with Crippen molar-refractivity contribution in [2.24, 2.45) is 11.7 Å². The topological polar surface area (TPSA) is 92.4 Å². The van der Waals surface area contributed by atoms with Crippen molar-refractivity contribution in [3.05, 3.63) is 65.2 Å². The molecule has 5 heteroatoms. The number of carboxylic acid groups (broad SMARTS) is 1. The summed E-state index contributed by atoms with van der Waals surface area (Å²) in [4.78, 5) is 24.1. The van der Waals surface area contributed by atoms with Gasteiger partial charge in [0.1, 0.15) is 0 Å². The molecule has 0 saturated carbocycles. The normalized spacial score (nSPS) is 13.0. The van der Waals surface area contributed by atoms with Gasteiger partial charge in [0.25, 0.3) is 0 Å². The Kier molecular flexibility index (Phi) is 7.55. The number of hydrogen-bond acceptors (Lipinski definition) is 3. The van der Waals surface area contributed by atoms with Crippen molar-refractivity contribution < 1.29 is 14.7 Å². The number of nitrogens with two attached hydrogens (primary N) is 1. The van der Waals surface area contributed by atoms with Gasteiger partial charge in [0.15, 0.2) is 0 Å². The van der Waals surface area contributed by atoms with Crippen molar-refractivity contribution in [3.63, 3.8) is 0 Å². The Labute approximate surface area is 160 Å². The summed E-state index contributed by atoms with van der Waals surface area (Å²) < 4.78 is 0. The molecule has 0 spiro atoms. The van der Waals surface area contributed by atoms with E-state index in [1.165, 1.54) is 0 Å². The summed E-state index contributed by atoms with van der Waals surface area (Å²) in [6, 6.07) is 14.6. The maximum atomic E-state index is 12.6. The molecular weight excluding hydrogens is 340 g/mol. The van der Waals surface area contributed by atoms with Gasteiger partial charge in [0.2, 0.25) is 5.91 Å². The van der Waals surface area contributed by atoms with Gasteiger partial charge in [-0.2, -0.15) is 0 Å². The van der Waals surface area contributed by atoms with E-state index in [9.17, 15) is 14.7 Å². The Bertz CT molecular complexity index is 774. The molecular formula is C22H28N2O3. The molecule has 0 radical (unpaired) electrons. The molecule has 1 unspecified atom stereocenters. The number of carbonyl (C=O) groups excluding carboxylic acids is 1. The third-order valence-electron chi connectivity index (χ3n) is 4.61. The van der Waals surface area contributed by atoms with E-state index < -0.39 is 17.9 Å². The van der Waals surface area contributed by atoms with Crippen molar-refractivity contribution in [2.45, 2.75) is 45.6 Å². The number of anilines is 1. The zero-order valence-corrected chi connectivity index (χ0v) is 15.9. The second-order valence-electron chi connectivity index (χ2n) is 6.97. The first-order valence-electron chi connectivity index (χ1n) is 9.33. The van der Waals surface area contributed by atoms with Gasteiger partial charge in [0.05, 0.1) is 12.0 Å². The predicted octanol–water partition coefficient (Wildman–Crippen LogP) is 3.55. The monoisotopic (exact) mass is 368 g/mol. The summed E-state index contributed by atoms with van der Waals surface area (Å²) in [7, 11) is 0. The molecule has 5 nitrogen and oxygen atoms in total. The maximum Gasteiger partial charge on any atom is 0.306 e. The molecule has 4 N–H and O–H groups in total. The predicted molar refractivity (Wildman–Crippen MR) is 108 cm³/mol. The van der Waals surface area contributed by atoms with Gasteiger partial charge in [-0.3, -0.25) is 9.59 Å². The van der Waals surface area contributed by atoms with Crippen LogP contribution in [0.1, 0.15) is 36.5 Å². The van der Waals surface area contributed by atoms with Gasteiger partial charge in [-0.15, -0.1) is 0 Å². The molecule has 2 atom stereocenters. The maximum absolute atomic E-state index is 12.6. The number of benzene rings is 2. The third-order valence-corrected chi connectivity index (χ3v) is 4.61. The van der Waals surface area contributed by atoms with Crippen LogP contribution in [0.5, 0.6) is 0 Å². The summed E-state index contributed by atoms with van der Waals surface area (Å²) in [6.45, 7) is 3.90. The van der Waals surface area contributed by atoms with Gasteiger partial charge in [-0.05, 0) is 48.9 Å². The second kappa shape index (κ2) is 9.88. The number of carboxylic acids is 1. The van der Waals surface area contributed by atoms with Gasteiger partial charge >= 0.3 is 5.97 Å². The molecule has 0 heterocycles. The largest absolute Gasteiger partial charge is 0.481 e. The molecule has 2 rings (SSSR count). The highest BCUT2D eigenvalue weighted by atomic mass is 16.4. The first kappa shape index (κ1) is 20.6. The highest BCUT2D eigenvalue weighted by Gasteiger charge is 2.20. The van der Waals surface area contributed by atoms with Crippen LogP contribution in [0, 0.1) is 12.8 Å². The molecule has 2 aromatic carbocycles. The molecule has 27 heavy (non-hydrogen) atoms. The van der Waals surface area contributed by atoms with Gasteiger partial charge in [0, 0.05) is 5.69 Å². The number of aryl methyl sites for hydroxylation is 1. The van der Waals surface area contributed by atoms with Crippen LogP contribution >= 0.6 is 0 Å². The van der Waals surface area contributed by atoms with E-state index in [0.717, 1.165) is 23.1 Å². The Balaban J connectivity index is 2.13. The molecule has 0 bridgehead atoms. The lowest BCUT2D eigenvalue weighted by atomic mass is 9.93. The SMILES string of the molecule is CCC[C@H](Cc1ccc(C)cc1NC(=O)C(N)Cc1ccccc1)C(=O)O.